The summed E-state index contributed by atoms with van der Waals surface area (Å²) >= 11 is 6.30. The predicted molar refractivity (Wildman–Crippen MR) is 181 cm³/mol. The molecule has 0 aliphatic carbocycles. The van der Waals surface area contributed by atoms with Gasteiger partial charge in [-0.1, -0.05) is 102 Å². The fraction of sp³-hybridized carbons (Fsp3) is 0.278. The molecule has 7 nitrogen and oxygen atoms in total. The maximum absolute atomic E-state index is 14.5. The second kappa shape index (κ2) is 15.2. The SMILES string of the molecule is CC[C@H](C)NC(=O)[C@H](Cc1ccccc1)N(Cc1ccc(C)cc1)C(=O)CN(c1cccc(Cl)c1)S(=O)(=O)c1ccc(C)cc1. The van der Waals surface area contributed by atoms with Crippen molar-refractivity contribution in [3.05, 3.63) is 130 Å². The Hall–Kier alpha value is -4.14. The number of sulfonamides is 1. The van der Waals surface area contributed by atoms with E-state index in [-0.39, 0.29) is 35.5 Å². The average Bonchev–Trinajstić information content (AvgIpc) is 3.02. The average molecular weight is 646 g/mol. The largest absolute Gasteiger partial charge is 0.352 e. The highest BCUT2D eigenvalue weighted by Crippen LogP contribution is 2.27. The molecular weight excluding hydrogens is 606 g/mol. The van der Waals surface area contributed by atoms with Gasteiger partial charge >= 0.3 is 0 Å². The lowest BCUT2D eigenvalue weighted by Gasteiger charge is -2.34. The zero-order valence-electron chi connectivity index (χ0n) is 26.1. The van der Waals surface area contributed by atoms with Crippen molar-refractivity contribution in [3.8, 4) is 0 Å². The van der Waals surface area contributed by atoms with E-state index >= 15 is 0 Å². The number of rotatable bonds is 13. The zero-order chi connectivity index (χ0) is 32.6. The third kappa shape index (κ3) is 8.96. The molecule has 0 fully saturated rings. The fourth-order valence-electron chi connectivity index (χ4n) is 4.88. The lowest BCUT2D eigenvalue weighted by atomic mass is 10.0. The van der Waals surface area contributed by atoms with Gasteiger partial charge in [0.1, 0.15) is 12.6 Å². The van der Waals surface area contributed by atoms with E-state index in [1.807, 2.05) is 82.3 Å². The van der Waals surface area contributed by atoms with Crippen molar-refractivity contribution < 1.29 is 18.0 Å². The van der Waals surface area contributed by atoms with E-state index in [1.54, 1.807) is 30.3 Å². The Morgan fingerprint density at radius 2 is 1.44 bits per heavy atom. The third-order valence-electron chi connectivity index (χ3n) is 7.73. The topological polar surface area (TPSA) is 86.8 Å². The molecule has 4 aromatic carbocycles. The van der Waals surface area contributed by atoms with Crippen LogP contribution in [0.4, 0.5) is 5.69 Å². The normalized spacial score (nSPS) is 12.6. The van der Waals surface area contributed by atoms with Crippen LogP contribution in [0.25, 0.3) is 0 Å². The zero-order valence-corrected chi connectivity index (χ0v) is 27.7. The van der Waals surface area contributed by atoms with Crippen LogP contribution in [-0.4, -0.2) is 43.8 Å². The Morgan fingerprint density at radius 1 is 0.822 bits per heavy atom. The van der Waals surface area contributed by atoms with Crippen molar-refractivity contribution in [1.29, 1.82) is 0 Å². The van der Waals surface area contributed by atoms with Gasteiger partial charge in [0.05, 0.1) is 10.6 Å². The van der Waals surface area contributed by atoms with Crippen LogP contribution < -0.4 is 9.62 Å². The van der Waals surface area contributed by atoms with E-state index in [9.17, 15) is 18.0 Å². The van der Waals surface area contributed by atoms with Gasteiger partial charge in [-0.05, 0) is 68.7 Å². The molecule has 0 heterocycles. The number of carbonyl (C=O) groups is 2. The van der Waals surface area contributed by atoms with Crippen LogP contribution in [0.2, 0.25) is 5.02 Å². The van der Waals surface area contributed by atoms with Crippen molar-refractivity contribution in [2.24, 2.45) is 0 Å². The lowest BCUT2D eigenvalue weighted by Crippen LogP contribution is -2.54. The van der Waals surface area contributed by atoms with Crippen molar-refractivity contribution in [3.63, 3.8) is 0 Å². The van der Waals surface area contributed by atoms with Crippen molar-refractivity contribution in [1.82, 2.24) is 10.2 Å². The molecule has 0 radical (unpaired) electrons. The molecule has 0 aromatic heterocycles. The van der Waals surface area contributed by atoms with Gasteiger partial charge < -0.3 is 10.2 Å². The molecule has 0 aliphatic rings. The molecule has 2 amide bonds. The number of amides is 2. The van der Waals surface area contributed by atoms with E-state index in [0.717, 1.165) is 26.6 Å². The van der Waals surface area contributed by atoms with Crippen LogP contribution in [0.1, 0.15) is 42.5 Å². The standard InChI is InChI=1S/C36H40ClN3O4S/c1-5-28(4)38-36(42)34(22-29-10-7-6-8-11-29)39(24-30-18-14-26(2)15-19-30)35(41)25-40(32-13-9-12-31(37)23-32)45(43,44)33-20-16-27(3)17-21-33/h6-21,23,28,34H,5,22,24-25H2,1-4H3,(H,38,42)/t28-,34-/m0/s1. The molecule has 4 rings (SSSR count). The molecule has 4 aromatic rings. The first-order valence-electron chi connectivity index (χ1n) is 15.0. The highest BCUT2D eigenvalue weighted by Gasteiger charge is 2.35. The van der Waals surface area contributed by atoms with Crippen LogP contribution in [0, 0.1) is 13.8 Å². The molecule has 0 unspecified atom stereocenters. The Labute approximate surface area is 271 Å². The van der Waals surface area contributed by atoms with Crippen LogP contribution in [0.15, 0.2) is 108 Å². The minimum Gasteiger partial charge on any atom is -0.352 e. The summed E-state index contributed by atoms with van der Waals surface area (Å²) in [5.74, 6) is -0.823. The smallest absolute Gasteiger partial charge is 0.264 e. The maximum atomic E-state index is 14.5. The van der Waals surface area contributed by atoms with Gasteiger partial charge in [0.25, 0.3) is 10.0 Å². The third-order valence-corrected chi connectivity index (χ3v) is 9.75. The summed E-state index contributed by atoms with van der Waals surface area (Å²) in [5.41, 5.74) is 3.90. The fourth-order valence-corrected chi connectivity index (χ4v) is 6.47. The van der Waals surface area contributed by atoms with Gasteiger partial charge in [0, 0.05) is 24.0 Å². The van der Waals surface area contributed by atoms with Crippen molar-refractivity contribution in [2.75, 3.05) is 10.8 Å². The Bertz CT molecular complexity index is 1690. The molecule has 9 heteroatoms. The minimum atomic E-state index is -4.20. The van der Waals surface area contributed by atoms with Gasteiger partial charge in [0.2, 0.25) is 11.8 Å². The predicted octanol–water partition coefficient (Wildman–Crippen LogP) is 6.71. The Morgan fingerprint density at radius 3 is 2.04 bits per heavy atom. The van der Waals surface area contributed by atoms with Gasteiger partial charge in [-0.15, -0.1) is 0 Å². The monoisotopic (exact) mass is 645 g/mol. The number of halogens is 1. The van der Waals surface area contributed by atoms with Crippen LogP contribution in [0.5, 0.6) is 0 Å². The number of aryl methyl sites for hydroxylation is 2. The van der Waals surface area contributed by atoms with E-state index in [2.05, 4.69) is 5.32 Å². The highest BCUT2D eigenvalue weighted by atomic mass is 35.5. The summed E-state index contributed by atoms with van der Waals surface area (Å²) in [4.78, 5) is 30.0. The molecular formula is C36H40ClN3O4S. The first-order valence-corrected chi connectivity index (χ1v) is 16.8. The van der Waals surface area contributed by atoms with Gasteiger partial charge in [-0.3, -0.25) is 13.9 Å². The molecule has 2 atom stereocenters. The second-order valence-electron chi connectivity index (χ2n) is 11.3. The summed E-state index contributed by atoms with van der Waals surface area (Å²) in [6, 6.07) is 29.1. The summed E-state index contributed by atoms with van der Waals surface area (Å²) in [5, 5.41) is 3.38. The molecule has 1 N–H and O–H groups in total. The van der Waals surface area contributed by atoms with Crippen LogP contribution in [-0.2, 0) is 32.6 Å². The summed E-state index contributed by atoms with van der Waals surface area (Å²) < 4.78 is 29.3. The molecule has 0 bridgehead atoms. The van der Waals surface area contributed by atoms with Crippen LogP contribution >= 0.6 is 11.6 Å². The van der Waals surface area contributed by atoms with E-state index in [0.29, 0.717) is 11.4 Å². The lowest BCUT2D eigenvalue weighted by molar-refractivity contribution is -0.140. The van der Waals surface area contributed by atoms with Crippen molar-refractivity contribution in [2.45, 2.75) is 64.1 Å². The summed E-state index contributed by atoms with van der Waals surface area (Å²) in [6.45, 7) is 7.31. The maximum Gasteiger partial charge on any atom is 0.264 e. The van der Waals surface area contributed by atoms with E-state index in [4.69, 9.17) is 11.6 Å². The number of anilines is 1. The van der Waals surface area contributed by atoms with E-state index < -0.39 is 28.5 Å². The Kier molecular flexibility index (Phi) is 11.4. The van der Waals surface area contributed by atoms with Crippen molar-refractivity contribution >= 4 is 39.1 Å². The number of benzene rings is 4. The van der Waals surface area contributed by atoms with Gasteiger partial charge in [-0.2, -0.15) is 0 Å². The Balaban J connectivity index is 1.80. The molecule has 0 saturated carbocycles. The highest BCUT2D eigenvalue weighted by molar-refractivity contribution is 7.92. The van der Waals surface area contributed by atoms with Gasteiger partial charge in [0.15, 0.2) is 0 Å². The first kappa shape index (κ1) is 33.7. The molecule has 45 heavy (non-hydrogen) atoms. The quantitative estimate of drug-likeness (QED) is 0.175. The molecule has 0 aliphatic heterocycles. The number of hydrogen-bond acceptors (Lipinski definition) is 4. The number of carbonyl (C=O) groups excluding carboxylic acids is 2. The molecule has 0 spiro atoms. The minimum absolute atomic E-state index is 0.0429. The summed E-state index contributed by atoms with van der Waals surface area (Å²) in [7, 11) is -4.20. The molecule has 236 valence electrons. The number of nitrogens with zero attached hydrogens (tertiary/aromatic N) is 2. The first-order chi connectivity index (χ1) is 21.5. The van der Waals surface area contributed by atoms with Gasteiger partial charge in [-0.25, -0.2) is 8.42 Å². The second-order valence-corrected chi connectivity index (χ2v) is 13.6. The van der Waals surface area contributed by atoms with Crippen LogP contribution in [0.3, 0.4) is 0 Å². The number of hydrogen-bond donors (Lipinski definition) is 1. The molecule has 0 saturated heterocycles. The number of nitrogens with one attached hydrogen (secondary N) is 1. The van der Waals surface area contributed by atoms with E-state index in [1.165, 1.54) is 23.1 Å². The summed E-state index contributed by atoms with van der Waals surface area (Å²) in [6.07, 6.45) is 0.968.